The number of aromatic nitrogens is 5. The van der Waals surface area contributed by atoms with Crippen LogP contribution in [-0.4, -0.2) is 41.4 Å². The second-order valence-electron chi connectivity index (χ2n) is 8.99. The number of halogens is 3. The van der Waals surface area contributed by atoms with Crippen LogP contribution < -0.4 is 0 Å². The summed E-state index contributed by atoms with van der Waals surface area (Å²) in [4.78, 5) is 15.8. The van der Waals surface area contributed by atoms with Gasteiger partial charge in [-0.05, 0) is 49.9 Å². The van der Waals surface area contributed by atoms with Crippen LogP contribution in [0, 0.1) is 17.5 Å². The molecule has 0 N–H and O–H groups in total. The van der Waals surface area contributed by atoms with Crippen molar-refractivity contribution in [1.29, 1.82) is 0 Å². The second kappa shape index (κ2) is 8.07. The molecule has 1 amide bonds. The van der Waals surface area contributed by atoms with Crippen LogP contribution in [0.15, 0.2) is 49.1 Å². The van der Waals surface area contributed by atoms with Gasteiger partial charge in [-0.15, -0.1) is 10.2 Å². The van der Waals surface area contributed by atoms with Crippen LogP contribution in [0.4, 0.5) is 13.2 Å². The molecule has 2 aromatic heterocycles. The highest BCUT2D eigenvalue weighted by Crippen LogP contribution is 2.45. The van der Waals surface area contributed by atoms with Crippen LogP contribution in [0.3, 0.4) is 0 Å². The van der Waals surface area contributed by atoms with Gasteiger partial charge in [-0.2, -0.15) is 5.10 Å². The van der Waals surface area contributed by atoms with E-state index in [0.717, 1.165) is 42.7 Å². The SMILES string of the molecule is Cn1nc2c(c1-c1cc(F)c(F)c(F)c1)C[C@@H]1CCC[C@H]2N1C(=O)c1ccccc1-n1cnnc1. The number of hydrogen-bond acceptors (Lipinski definition) is 4. The molecule has 2 bridgehead atoms. The summed E-state index contributed by atoms with van der Waals surface area (Å²) in [6, 6.07) is 8.94. The van der Waals surface area contributed by atoms with E-state index < -0.39 is 17.5 Å². The third-order valence-electron chi connectivity index (χ3n) is 7.00. The van der Waals surface area contributed by atoms with Crippen molar-refractivity contribution in [2.75, 3.05) is 0 Å². The number of hydrogen-bond donors (Lipinski definition) is 0. The quantitative estimate of drug-likeness (QED) is 0.410. The summed E-state index contributed by atoms with van der Waals surface area (Å²) >= 11 is 0. The van der Waals surface area contributed by atoms with Crippen molar-refractivity contribution in [2.45, 2.75) is 37.8 Å². The number of rotatable bonds is 3. The molecule has 2 aliphatic heterocycles. The lowest BCUT2D eigenvalue weighted by atomic mass is 9.81. The van der Waals surface area contributed by atoms with E-state index in [-0.39, 0.29) is 23.6 Å². The van der Waals surface area contributed by atoms with Crippen molar-refractivity contribution in [3.8, 4) is 16.9 Å². The average molecular weight is 478 g/mol. The van der Waals surface area contributed by atoms with E-state index in [1.807, 2.05) is 23.1 Å². The highest BCUT2D eigenvalue weighted by atomic mass is 19.2. The van der Waals surface area contributed by atoms with Gasteiger partial charge in [0.25, 0.3) is 5.91 Å². The van der Waals surface area contributed by atoms with Crippen molar-refractivity contribution in [1.82, 2.24) is 29.4 Å². The van der Waals surface area contributed by atoms with Crippen molar-refractivity contribution in [3.63, 3.8) is 0 Å². The van der Waals surface area contributed by atoms with Gasteiger partial charge in [0.1, 0.15) is 12.7 Å². The zero-order chi connectivity index (χ0) is 24.3. The van der Waals surface area contributed by atoms with E-state index in [2.05, 4.69) is 15.3 Å². The van der Waals surface area contributed by atoms with Gasteiger partial charge in [-0.3, -0.25) is 14.0 Å². The predicted molar refractivity (Wildman–Crippen MR) is 120 cm³/mol. The summed E-state index contributed by atoms with van der Waals surface area (Å²) in [7, 11) is 1.70. The van der Waals surface area contributed by atoms with Crippen molar-refractivity contribution < 1.29 is 18.0 Å². The van der Waals surface area contributed by atoms with Crippen LogP contribution in [-0.2, 0) is 13.5 Å². The Labute approximate surface area is 198 Å². The lowest BCUT2D eigenvalue weighted by molar-refractivity contribution is 0.0392. The van der Waals surface area contributed by atoms with Gasteiger partial charge < -0.3 is 4.90 Å². The molecule has 7 nitrogen and oxygen atoms in total. The number of aryl methyl sites for hydroxylation is 1. The van der Waals surface area contributed by atoms with Crippen LogP contribution in [0.5, 0.6) is 0 Å². The number of fused-ring (bicyclic) bond motifs is 4. The topological polar surface area (TPSA) is 68.8 Å². The minimum atomic E-state index is -1.50. The first-order chi connectivity index (χ1) is 16.9. The fraction of sp³-hybridized carbons (Fsp3) is 0.280. The molecule has 1 fully saturated rings. The Bertz CT molecular complexity index is 1420. The Morgan fingerprint density at radius 1 is 1.03 bits per heavy atom. The summed E-state index contributed by atoms with van der Waals surface area (Å²) < 4.78 is 44.9. The average Bonchev–Trinajstić information content (AvgIpc) is 3.49. The van der Waals surface area contributed by atoms with Gasteiger partial charge in [0.05, 0.1) is 28.7 Å². The minimum absolute atomic E-state index is 0.0965. The summed E-state index contributed by atoms with van der Waals surface area (Å²) in [5.41, 5.74) is 3.57. The third-order valence-corrected chi connectivity index (χ3v) is 7.00. The number of benzene rings is 2. The molecule has 4 aromatic rings. The number of carbonyl (C=O) groups excluding carboxylic acids is 1. The van der Waals surface area contributed by atoms with Crippen LogP contribution in [0.25, 0.3) is 16.9 Å². The normalized spacial score (nSPS) is 19.0. The maximum absolute atomic E-state index is 14.0. The van der Waals surface area contributed by atoms with Gasteiger partial charge in [0.2, 0.25) is 0 Å². The molecule has 0 saturated carbocycles. The summed E-state index contributed by atoms with van der Waals surface area (Å²) in [6.07, 6.45) is 6.07. The zero-order valence-corrected chi connectivity index (χ0v) is 18.8. The third kappa shape index (κ3) is 3.35. The monoisotopic (exact) mass is 478 g/mol. The Morgan fingerprint density at radius 3 is 2.49 bits per heavy atom. The summed E-state index contributed by atoms with van der Waals surface area (Å²) in [6.45, 7) is 0. The van der Waals surface area contributed by atoms with Crippen molar-refractivity contribution in [3.05, 3.63) is 83.3 Å². The lowest BCUT2D eigenvalue weighted by Gasteiger charge is -2.45. The number of amides is 1. The largest absolute Gasteiger partial charge is 0.327 e. The van der Waals surface area contributed by atoms with Crippen molar-refractivity contribution in [2.24, 2.45) is 7.05 Å². The first kappa shape index (κ1) is 21.6. The van der Waals surface area contributed by atoms with E-state index in [1.54, 1.807) is 35.0 Å². The predicted octanol–water partition coefficient (Wildman–Crippen LogP) is 4.38. The zero-order valence-electron chi connectivity index (χ0n) is 18.8. The molecule has 2 aromatic carbocycles. The molecule has 1 saturated heterocycles. The number of nitrogens with zero attached hydrogens (tertiary/aromatic N) is 6. The number of para-hydroxylation sites is 1. The molecular weight excluding hydrogens is 457 g/mol. The van der Waals surface area contributed by atoms with Gasteiger partial charge in [-0.1, -0.05) is 12.1 Å². The molecule has 178 valence electrons. The maximum Gasteiger partial charge on any atom is 0.256 e. The molecular formula is C25H21F3N6O. The second-order valence-corrected chi connectivity index (χ2v) is 8.99. The fourth-order valence-corrected chi connectivity index (χ4v) is 5.55. The Kier molecular flexibility index (Phi) is 4.98. The first-order valence-electron chi connectivity index (χ1n) is 11.4. The van der Waals surface area contributed by atoms with Gasteiger partial charge in [0.15, 0.2) is 17.5 Å². The van der Waals surface area contributed by atoms with E-state index >= 15 is 0 Å². The van der Waals surface area contributed by atoms with Gasteiger partial charge in [-0.25, -0.2) is 13.2 Å². The highest BCUT2D eigenvalue weighted by molar-refractivity contribution is 5.98. The lowest BCUT2D eigenvalue weighted by Crippen LogP contribution is -2.50. The molecule has 10 heteroatoms. The number of carbonyl (C=O) groups is 1. The molecule has 2 aliphatic rings. The Morgan fingerprint density at radius 2 is 1.74 bits per heavy atom. The van der Waals surface area contributed by atoms with Crippen LogP contribution in [0.1, 0.15) is 46.9 Å². The van der Waals surface area contributed by atoms with E-state index in [4.69, 9.17) is 0 Å². The maximum atomic E-state index is 14.0. The molecule has 0 aliphatic carbocycles. The molecule has 4 heterocycles. The first-order valence-corrected chi connectivity index (χ1v) is 11.4. The fourth-order valence-electron chi connectivity index (χ4n) is 5.55. The summed E-state index contributed by atoms with van der Waals surface area (Å²) in [5.74, 6) is -4.09. The number of piperidine rings is 1. The molecule has 2 atom stereocenters. The van der Waals surface area contributed by atoms with E-state index in [0.29, 0.717) is 23.4 Å². The molecule has 6 rings (SSSR count). The smallest absolute Gasteiger partial charge is 0.256 e. The van der Waals surface area contributed by atoms with Gasteiger partial charge in [0, 0.05) is 24.2 Å². The molecule has 0 unspecified atom stereocenters. The molecule has 35 heavy (non-hydrogen) atoms. The molecule has 0 radical (unpaired) electrons. The van der Waals surface area contributed by atoms with Gasteiger partial charge >= 0.3 is 0 Å². The molecule has 0 spiro atoms. The Balaban J connectivity index is 1.44. The highest BCUT2D eigenvalue weighted by Gasteiger charge is 2.44. The standard InChI is InChI=1S/C25H21F3N6O/c1-32-24(14-9-18(26)22(28)19(27)10-14)17-11-15-5-4-8-21(23(17)31-32)34(15)25(35)16-6-2-3-7-20(16)33-12-29-30-13-33/h2-3,6-7,9-10,12-13,15,21H,4-5,8,11H2,1H3/t15-,21+/m0/s1. The van der Waals surface area contributed by atoms with Crippen LogP contribution >= 0.6 is 0 Å². The minimum Gasteiger partial charge on any atom is -0.327 e. The van der Waals surface area contributed by atoms with E-state index in [1.165, 1.54) is 0 Å². The Hall–Kier alpha value is -3.95. The van der Waals surface area contributed by atoms with Crippen LogP contribution in [0.2, 0.25) is 0 Å². The summed E-state index contributed by atoms with van der Waals surface area (Å²) in [5, 5.41) is 12.4. The van der Waals surface area contributed by atoms with Crippen molar-refractivity contribution >= 4 is 5.91 Å². The van der Waals surface area contributed by atoms with E-state index in [9.17, 15) is 18.0 Å².